The number of allylic oxidation sites excluding steroid dienone is 4. The summed E-state index contributed by atoms with van der Waals surface area (Å²) in [5.41, 5.74) is 2.45. The van der Waals surface area contributed by atoms with Crippen LogP contribution in [-0.2, 0) is 14.4 Å². The summed E-state index contributed by atoms with van der Waals surface area (Å²) in [6, 6.07) is 0. The first-order valence-electron chi connectivity index (χ1n) is 21.1. The zero-order valence-electron chi connectivity index (χ0n) is 32.7. The fourth-order valence-electron chi connectivity index (χ4n) is 11.2. The van der Waals surface area contributed by atoms with Gasteiger partial charge in [-0.3, -0.25) is 10.1 Å². The van der Waals surface area contributed by atoms with Crippen molar-refractivity contribution in [3.63, 3.8) is 0 Å². The summed E-state index contributed by atoms with van der Waals surface area (Å²) < 4.78 is 6.10. The highest BCUT2D eigenvalue weighted by molar-refractivity contribution is 5.69. The van der Waals surface area contributed by atoms with Gasteiger partial charge in [-0.25, -0.2) is 4.89 Å². The highest BCUT2D eigenvalue weighted by Gasteiger charge is 2.59. The zero-order chi connectivity index (χ0) is 35.3. The Bertz CT molecular complexity index is 1070. The molecule has 0 aromatic carbocycles. The van der Waals surface area contributed by atoms with Crippen molar-refractivity contribution in [3.8, 4) is 0 Å². The Morgan fingerprint density at radius 3 is 2.47 bits per heavy atom. The van der Waals surface area contributed by atoms with E-state index in [9.17, 15) is 10.1 Å². The van der Waals surface area contributed by atoms with E-state index < -0.39 is 0 Å². The van der Waals surface area contributed by atoms with Crippen LogP contribution in [0.2, 0.25) is 0 Å². The second-order valence-corrected chi connectivity index (χ2v) is 17.9. The summed E-state index contributed by atoms with van der Waals surface area (Å²) >= 11 is 0. The maximum absolute atomic E-state index is 12.8. The topological polar surface area (TPSA) is 55.8 Å². The summed E-state index contributed by atoms with van der Waals surface area (Å²) in [4.78, 5) is 17.5. The Balaban J connectivity index is 1.14. The van der Waals surface area contributed by atoms with E-state index in [1.54, 1.807) is 5.57 Å². The highest BCUT2D eigenvalue weighted by Crippen LogP contribution is 2.67. The first-order valence-corrected chi connectivity index (χ1v) is 21.1. The summed E-state index contributed by atoms with van der Waals surface area (Å²) in [5.74, 6) is 5.14. The molecule has 0 aromatic rings. The van der Waals surface area contributed by atoms with Crippen LogP contribution in [0.1, 0.15) is 183 Å². The van der Waals surface area contributed by atoms with Crippen molar-refractivity contribution < 1.29 is 19.7 Å². The van der Waals surface area contributed by atoms with Crippen molar-refractivity contribution in [2.75, 3.05) is 0 Å². The van der Waals surface area contributed by atoms with E-state index in [0.717, 1.165) is 93.3 Å². The minimum Gasteiger partial charge on any atom is -0.462 e. The number of esters is 1. The maximum atomic E-state index is 12.8. The van der Waals surface area contributed by atoms with Crippen LogP contribution in [0.4, 0.5) is 0 Å². The lowest BCUT2D eigenvalue weighted by atomic mass is 9.47. The highest BCUT2D eigenvalue weighted by atomic mass is 17.1. The van der Waals surface area contributed by atoms with Gasteiger partial charge in [-0.15, -0.1) is 0 Å². The Morgan fingerprint density at radius 1 is 0.898 bits per heavy atom. The lowest BCUT2D eigenvalue weighted by Gasteiger charge is -2.58. The number of fused-ring (bicyclic) bond motifs is 5. The third-order valence-electron chi connectivity index (χ3n) is 14.1. The minimum atomic E-state index is -0.246. The Hall–Kier alpha value is -1.39. The zero-order valence-corrected chi connectivity index (χ0v) is 32.7. The third kappa shape index (κ3) is 11.1. The molecule has 4 nitrogen and oxygen atoms in total. The van der Waals surface area contributed by atoms with Crippen molar-refractivity contribution in [2.24, 2.45) is 46.3 Å². The van der Waals surface area contributed by atoms with Crippen LogP contribution in [0, 0.1) is 46.3 Å². The van der Waals surface area contributed by atoms with E-state index in [2.05, 4.69) is 64.7 Å². The van der Waals surface area contributed by atoms with Crippen molar-refractivity contribution in [1.82, 2.24) is 0 Å². The number of ether oxygens (including phenoxy) is 1. The van der Waals surface area contributed by atoms with Crippen LogP contribution in [0.15, 0.2) is 36.0 Å². The second kappa shape index (κ2) is 20.0. The molecule has 0 saturated heterocycles. The number of carbonyl (C=O) groups is 1. The van der Waals surface area contributed by atoms with Crippen LogP contribution < -0.4 is 0 Å². The molecule has 0 radical (unpaired) electrons. The SMILES string of the molecule is CCCCC/C=C\C=C\C(CCCCCCCC(=O)O[C@H]1CC[C@@]2(C)C(=CCC3C4CCC(C(C)CCCC(C)C)[C@@]4(C)CCC32)C1)OO. The molecule has 6 unspecified atom stereocenters. The Kier molecular flexibility index (Phi) is 16.5. The first-order chi connectivity index (χ1) is 23.6. The van der Waals surface area contributed by atoms with Gasteiger partial charge in [-0.2, -0.15) is 0 Å². The van der Waals surface area contributed by atoms with Crippen molar-refractivity contribution >= 4 is 5.97 Å². The molecule has 0 aliphatic heterocycles. The monoisotopic (exact) mass is 681 g/mol. The average molecular weight is 681 g/mol. The molecule has 3 saturated carbocycles. The lowest BCUT2D eigenvalue weighted by molar-refractivity contribution is -0.267. The molecule has 4 aliphatic carbocycles. The molecular weight excluding hydrogens is 604 g/mol. The average Bonchev–Trinajstić information content (AvgIpc) is 3.43. The van der Waals surface area contributed by atoms with E-state index in [-0.39, 0.29) is 18.2 Å². The van der Waals surface area contributed by atoms with Crippen LogP contribution in [0.3, 0.4) is 0 Å². The third-order valence-corrected chi connectivity index (χ3v) is 14.1. The summed E-state index contributed by atoms with van der Waals surface area (Å²) in [7, 11) is 0. The van der Waals surface area contributed by atoms with Gasteiger partial charge in [0.1, 0.15) is 12.2 Å². The normalized spacial score (nSPS) is 32.6. The first kappa shape index (κ1) is 40.4. The smallest absolute Gasteiger partial charge is 0.306 e. The fourth-order valence-corrected chi connectivity index (χ4v) is 11.2. The molecule has 0 amide bonds. The number of hydrogen-bond acceptors (Lipinski definition) is 4. The van der Waals surface area contributed by atoms with Crippen LogP contribution in [0.25, 0.3) is 0 Å². The Labute approximate surface area is 302 Å². The Morgan fingerprint density at radius 2 is 1.69 bits per heavy atom. The minimum absolute atomic E-state index is 0.00235. The molecule has 280 valence electrons. The van der Waals surface area contributed by atoms with Gasteiger partial charge in [-0.1, -0.05) is 135 Å². The number of hydrogen-bond donors (Lipinski definition) is 1. The fraction of sp³-hybridized carbons (Fsp3) is 0.844. The standard InChI is InChI=1S/C45H76O4/c1-7-8-9-10-11-13-16-22-37(49-47)23-17-14-12-15-18-24-43(46)48-38-29-31-44(5)36(33-38)25-26-39-41-28-27-40(35(4)21-19-20-34(2)3)45(41,6)32-30-42(39)44/h11,13,16,22,25,34-35,37-42,47H,7-10,12,14-15,17-21,23-24,26-33H2,1-6H3/b13-11-,22-16+/t35?,37?,38-,39?,40?,41?,42?,44-,45+/m0/s1. The van der Waals surface area contributed by atoms with Gasteiger partial charge in [0, 0.05) is 12.8 Å². The van der Waals surface area contributed by atoms with Crippen LogP contribution >= 0.6 is 0 Å². The van der Waals surface area contributed by atoms with Gasteiger partial charge >= 0.3 is 5.97 Å². The predicted octanol–water partition coefficient (Wildman–Crippen LogP) is 13.2. The van der Waals surface area contributed by atoms with Gasteiger partial charge in [-0.05, 0) is 117 Å². The molecule has 0 aromatic heterocycles. The number of rotatable bonds is 21. The molecule has 4 rings (SSSR count). The predicted molar refractivity (Wildman–Crippen MR) is 205 cm³/mol. The lowest BCUT2D eigenvalue weighted by Crippen LogP contribution is -2.51. The molecule has 4 aliphatic rings. The van der Waals surface area contributed by atoms with Crippen molar-refractivity contribution in [2.45, 2.75) is 195 Å². The summed E-state index contributed by atoms with van der Waals surface area (Å²) in [6.07, 6.45) is 36.3. The van der Waals surface area contributed by atoms with Gasteiger partial charge in [0.05, 0.1) is 0 Å². The molecule has 0 heterocycles. The molecule has 4 heteroatoms. The van der Waals surface area contributed by atoms with Gasteiger partial charge in [0.2, 0.25) is 0 Å². The summed E-state index contributed by atoms with van der Waals surface area (Å²) in [6.45, 7) is 14.8. The van der Waals surface area contributed by atoms with E-state index in [0.29, 0.717) is 17.3 Å². The summed E-state index contributed by atoms with van der Waals surface area (Å²) in [5, 5.41) is 9.24. The van der Waals surface area contributed by atoms with Crippen molar-refractivity contribution in [1.29, 1.82) is 0 Å². The molecule has 9 atom stereocenters. The molecular formula is C45H76O4. The molecule has 1 N–H and O–H groups in total. The van der Waals surface area contributed by atoms with Crippen LogP contribution in [-0.4, -0.2) is 23.4 Å². The quantitative estimate of drug-likeness (QED) is 0.0327. The largest absolute Gasteiger partial charge is 0.462 e. The maximum Gasteiger partial charge on any atom is 0.306 e. The van der Waals surface area contributed by atoms with Crippen molar-refractivity contribution in [3.05, 3.63) is 36.0 Å². The van der Waals surface area contributed by atoms with E-state index in [1.165, 1.54) is 77.0 Å². The molecule has 3 fully saturated rings. The number of unbranched alkanes of at least 4 members (excludes halogenated alkanes) is 7. The van der Waals surface area contributed by atoms with Gasteiger partial charge in [0.25, 0.3) is 0 Å². The van der Waals surface area contributed by atoms with E-state index in [1.807, 2.05) is 12.2 Å². The molecule has 0 bridgehead atoms. The van der Waals surface area contributed by atoms with Gasteiger partial charge in [0.15, 0.2) is 0 Å². The second-order valence-electron chi connectivity index (χ2n) is 17.9. The molecule has 49 heavy (non-hydrogen) atoms. The van der Waals surface area contributed by atoms with Crippen LogP contribution in [0.5, 0.6) is 0 Å². The van der Waals surface area contributed by atoms with E-state index >= 15 is 0 Å². The van der Waals surface area contributed by atoms with Gasteiger partial charge < -0.3 is 4.74 Å². The molecule has 0 spiro atoms. The van der Waals surface area contributed by atoms with E-state index in [4.69, 9.17) is 4.74 Å². The number of carbonyl (C=O) groups excluding carboxylic acids is 1.